The maximum atomic E-state index is 11.6. The molecule has 0 aliphatic carbocycles. The van der Waals surface area contributed by atoms with E-state index in [4.69, 9.17) is 16.3 Å². The summed E-state index contributed by atoms with van der Waals surface area (Å²) in [6.45, 7) is 0. The van der Waals surface area contributed by atoms with E-state index in [2.05, 4.69) is 15.8 Å². The van der Waals surface area contributed by atoms with Gasteiger partial charge in [-0.05, 0) is 42.0 Å². The van der Waals surface area contributed by atoms with Crippen molar-refractivity contribution in [3.05, 3.63) is 59.1 Å². The Kier molecular flexibility index (Phi) is 5.17. The quantitative estimate of drug-likeness (QED) is 0.670. The first-order valence-corrected chi connectivity index (χ1v) is 6.55. The number of urea groups is 1. The van der Waals surface area contributed by atoms with Gasteiger partial charge in [0.05, 0.1) is 13.3 Å². The highest BCUT2D eigenvalue weighted by Crippen LogP contribution is 2.13. The predicted molar refractivity (Wildman–Crippen MR) is 84.2 cm³/mol. The van der Waals surface area contributed by atoms with Crippen LogP contribution in [0.25, 0.3) is 0 Å². The molecule has 0 saturated carbocycles. The molecule has 0 saturated heterocycles. The molecule has 2 aromatic rings. The van der Waals surface area contributed by atoms with Gasteiger partial charge < -0.3 is 10.1 Å². The van der Waals surface area contributed by atoms with Gasteiger partial charge in [-0.25, -0.2) is 10.2 Å². The third kappa shape index (κ3) is 4.81. The zero-order valence-electron chi connectivity index (χ0n) is 11.3. The van der Waals surface area contributed by atoms with E-state index in [0.29, 0.717) is 10.7 Å². The molecular formula is C15H14ClN3O2. The van der Waals surface area contributed by atoms with Crippen LogP contribution in [0.4, 0.5) is 10.5 Å². The molecule has 2 rings (SSSR count). The largest absolute Gasteiger partial charge is 0.497 e. The van der Waals surface area contributed by atoms with E-state index in [1.165, 1.54) is 6.21 Å². The molecule has 0 aliphatic rings. The molecule has 2 aromatic carbocycles. The maximum absolute atomic E-state index is 11.6. The number of anilines is 1. The first-order chi connectivity index (χ1) is 10.2. The Balaban J connectivity index is 1.88. The number of hydrogen-bond acceptors (Lipinski definition) is 3. The first-order valence-electron chi connectivity index (χ1n) is 6.17. The van der Waals surface area contributed by atoms with Crippen LogP contribution in [0.1, 0.15) is 5.56 Å². The summed E-state index contributed by atoms with van der Waals surface area (Å²) in [5, 5.41) is 7.10. The molecule has 2 N–H and O–H groups in total. The molecule has 0 aromatic heterocycles. The third-order valence-corrected chi connectivity index (χ3v) is 2.83. The summed E-state index contributed by atoms with van der Waals surface area (Å²) in [6.07, 6.45) is 1.53. The molecule has 0 heterocycles. The number of methoxy groups -OCH3 is 1. The van der Waals surface area contributed by atoms with Gasteiger partial charge in [-0.2, -0.15) is 5.10 Å². The van der Waals surface area contributed by atoms with Crippen molar-refractivity contribution >= 4 is 29.5 Å². The molecule has 2 amide bonds. The van der Waals surface area contributed by atoms with Crippen LogP contribution in [0.2, 0.25) is 5.02 Å². The zero-order chi connectivity index (χ0) is 15.1. The van der Waals surface area contributed by atoms with E-state index in [9.17, 15) is 4.79 Å². The SMILES string of the molecule is COc1cccc(/C=N\NC(=O)Nc2ccc(Cl)cc2)c1. The number of carbonyl (C=O) groups is 1. The van der Waals surface area contributed by atoms with Crippen LogP contribution < -0.4 is 15.5 Å². The van der Waals surface area contributed by atoms with Gasteiger partial charge >= 0.3 is 6.03 Å². The van der Waals surface area contributed by atoms with E-state index in [-0.39, 0.29) is 0 Å². The normalized spacial score (nSPS) is 10.4. The lowest BCUT2D eigenvalue weighted by atomic mass is 10.2. The van der Waals surface area contributed by atoms with Crippen LogP contribution in [-0.4, -0.2) is 19.4 Å². The summed E-state index contributed by atoms with van der Waals surface area (Å²) < 4.78 is 5.10. The third-order valence-electron chi connectivity index (χ3n) is 2.58. The Morgan fingerprint density at radius 1 is 1.24 bits per heavy atom. The Labute approximate surface area is 127 Å². The number of halogens is 1. The van der Waals surface area contributed by atoms with E-state index in [1.807, 2.05) is 24.3 Å². The van der Waals surface area contributed by atoms with Crippen molar-refractivity contribution in [2.24, 2.45) is 5.10 Å². The van der Waals surface area contributed by atoms with Crippen LogP contribution in [0.15, 0.2) is 53.6 Å². The van der Waals surface area contributed by atoms with Gasteiger partial charge in [0, 0.05) is 10.7 Å². The van der Waals surface area contributed by atoms with E-state index >= 15 is 0 Å². The topological polar surface area (TPSA) is 62.7 Å². The molecule has 6 heteroatoms. The van der Waals surface area contributed by atoms with Gasteiger partial charge in [0.2, 0.25) is 0 Å². The number of nitrogens with zero attached hydrogens (tertiary/aromatic N) is 1. The summed E-state index contributed by atoms with van der Waals surface area (Å²) in [7, 11) is 1.59. The van der Waals surface area contributed by atoms with Gasteiger partial charge in [-0.3, -0.25) is 0 Å². The highest BCUT2D eigenvalue weighted by atomic mass is 35.5. The number of amides is 2. The fraction of sp³-hybridized carbons (Fsp3) is 0.0667. The van der Waals surface area contributed by atoms with Gasteiger partial charge in [0.15, 0.2) is 0 Å². The summed E-state index contributed by atoms with van der Waals surface area (Å²) in [5.41, 5.74) is 3.83. The summed E-state index contributed by atoms with van der Waals surface area (Å²) in [5.74, 6) is 0.726. The lowest BCUT2D eigenvalue weighted by Gasteiger charge is -2.04. The Bertz CT molecular complexity index is 642. The lowest BCUT2D eigenvalue weighted by Crippen LogP contribution is -2.24. The average Bonchev–Trinajstić information content (AvgIpc) is 2.50. The van der Waals surface area contributed by atoms with Crippen molar-refractivity contribution in [3.8, 4) is 5.75 Å². The molecule has 0 aliphatic heterocycles. The highest BCUT2D eigenvalue weighted by molar-refractivity contribution is 6.30. The van der Waals surface area contributed by atoms with Gasteiger partial charge in [0.1, 0.15) is 5.75 Å². The minimum Gasteiger partial charge on any atom is -0.497 e. The van der Waals surface area contributed by atoms with Gasteiger partial charge in [-0.1, -0.05) is 23.7 Å². The lowest BCUT2D eigenvalue weighted by molar-refractivity contribution is 0.252. The number of nitrogens with one attached hydrogen (secondary N) is 2. The summed E-state index contributed by atoms with van der Waals surface area (Å²) in [4.78, 5) is 11.6. The molecule has 0 bridgehead atoms. The highest BCUT2D eigenvalue weighted by Gasteiger charge is 1.99. The van der Waals surface area contributed by atoms with Crippen LogP contribution in [0.5, 0.6) is 5.75 Å². The minimum atomic E-state index is -0.434. The number of carbonyl (C=O) groups excluding carboxylic acids is 1. The summed E-state index contributed by atoms with van der Waals surface area (Å²) >= 11 is 5.76. The second-order valence-corrected chi connectivity index (χ2v) is 4.54. The number of hydrazone groups is 1. The fourth-order valence-corrected chi connectivity index (χ4v) is 1.71. The molecule has 0 radical (unpaired) electrons. The molecule has 5 nitrogen and oxygen atoms in total. The minimum absolute atomic E-state index is 0.434. The maximum Gasteiger partial charge on any atom is 0.339 e. The number of benzene rings is 2. The van der Waals surface area contributed by atoms with Crippen molar-refractivity contribution in [1.82, 2.24) is 5.43 Å². The van der Waals surface area contributed by atoms with Crippen molar-refractivity contribution < 1.29 is 9.53 Å². The second kappa shape index (κ2) is 7.31. The fourth-order valence-electron chi connectivity index (χ4n) is 1.58. The molecule has 21 heavy (non-hydrogen) atoms. The van der Waals surface area contributed by atoms with Crippen LogP contribution in [0.3, 0.4) is 0 Å². The molecular weight excluding hydrogens is 290 g/mol. The molecule has 0 spiro atoms. The molecule has 108 valence electrons. The number of hydrogen-bond donors (Lipinski definition) is 2. The number of rotatable bonds is 4. The van der Waals surface area contributed by atoms with E-state index in [1.54, 1.807) is 31.4 Å². The van der Waals surface area contributed by atoms with E-state index < -0.39 is 6.03 Å². The van der Waals surface area contributed by atoms with Crippen molar-refractivity contribution in [3.63, 3.8) is 0 Å². The standard InChI is InChI=1S/C15H14ClN3O2/c1-21-14-4-2-3-11(9-14)10-17-19-15(20)18-13-7-5-12(16)6-8-13/h2-10H,1H3,(H2,18,19,20)/b17-10-. The zero-order valence-corrected chi connectivity index (χ0v) is 12.1. The Morgan fingerprint density at radius 2 is 2.00 bits per heavy atom. The van der Waals surface area contributed by atoms with Gasteiger partial charge in [-0.15, -0.1) is 0 Å². The second-order valence-electron chi connectivity index (χ2n) is 4.11. The van der Waals surface area contributed by atoms with Crippen LogP contribution in [-0.2, 0) is 0 Å². The Morgan fingerprint density at radius 3 is 2.71 bits per heavy atom. The van der Waals surface area contributed by atoms with Crippen molar-refractivity contribution in [2.75, 3.05) is 12.4 Å². The first kappa shape index (κ1) is 14.9. The number of ether oxygens (including phenoxy) is 1. The smallest absolute Gasteiger partial charge is 0.339 e. The van der Waals surface area contributed by atoms with Crippen molar-refractivity contribution in [2.45, 2.75) is 0 Å². The Hall–Kier alpha value is -2.53. The summed E-state index contributed by atoms with van der Waals surface area (Å²) in [6, 6.07) is 13.7. The van der Waals surface area contributed by atoms with E-state index in [0.717, 1.165) is 11.3 Å². The molecule has 0 fully saturated rings. The predicted octanol–water partition coefficient (Wildman–Crippen LogP) is 3.50. The molecule has 0 atom stereocenters. The molecule has 0 unspecified atom stereocenters. The monoisotopic (exact) mass is 303 g/mol. The van der Waals surface area contributed by atoms with Crippen LogP contribution in [0, 0.1) is 0 Å². The van der Waals surface area contributed by atoms with Gasteiger partial charge in [0.25, 0.3) is 0 Å². The van der Waals surface area contributed by atoms with Crippen molar-refractivity contribution in [1.29, 1.82) is 0 Å². The van der Waals surface area contributed by atoms with Crippen LogP contribution >= 0.6 is 11.6 Å². The average molecular weight is 304 g/mol.